The largest absolute Gasteiger partial charge is 0.481 e. The number of ether oxygens (including phenoxy) is 6. The zero-order valence-corrected chi connectivity index (χ0v) is 37.5. The van der Waals surface area contributed by atoms with E-state index < -0.39 is 144 Å². The van der Waals surface area contributed by atoms with Gasteiger partial charge in [0.05, 0.1) is 42.4 Å². The molecule has 3 aliphatic carbocycles. The average Bonchev–Trinajstić information content (AvgIpc) is 3.22. The molecule has 0 radical (unpaired) electrons. The van der Waals surface area contributed by atoms with Crippen molar-refractivity contribution in [2.45, 2.75) is 141 Å². The fourth-order valence-corrected chi connectivity index (χ4v) is 10.1. The van der Waals surface area contributed by atoms with Crippen molar-refractivity contribution in [1.29, 1.82) is 0 Å². The number of fused-ring (bicyclic) bond motifs is 5. The van der Waals surface area contributed by atoms with Crippen molar-refractivity contribution in [3.05, 3.63) is 82.9 Å². The maximum atomic E-state index is 15.5. The molecule has 1 saturated heterocycles. The van der Waals surface area contributed by atoms with E-state index in [0.29, 0.717) is 5.56 Å². The minimum atomic E-state index is -2.48. The van der Waals surface area contributed by atoms with Gasteiger partial charge in [0.25, 0.3) is 0 Å². The van der Waals surface area contributed by atoms with E-state index >= 15 is 4.79 Å². The van der Waals surface area contributed by atoms with E-state index in [0.717, 1.165) is 6.92 Å². The highest BCUT2D eigenvalue weighted by Crippen LogP contribution is 2.64. The standard InChI is InChI=1S/C47H57NO17/c1-24-28(61-41(57)36(54)34(26-15-11-9-12-16-26)48-42(58)65-43(3,4)5)22-47(59)39(63-40(56)27-17-13-10-14-18-27)37-45(8,38(55)35(53)33(24)44(47,6)7)29(62-32(52)20-19-31(50)51)21-30-46(37,23-60-30)64-25(2)49/h9-18,28-30,34-37,39,53-54,59H,19-23H2,1-8H3,(H,48,58)(H,50,51)/t28-,29-,30+,34-,35+,36+,37-,39-,45+,46-,47+/m0/s1. The van der Waals surface area contributed by atoms with Crippen LogP contribution in [-0.2, 0) is 52.4 Å². The van der Waals surface area contributed by atoms with E-state index in [-0.39, 0.29) is 23.1 Å². The highest BCUT2D eigenvalue weighted by molar-refractivity contribution is 5.94. The fourth-order valence-electron chi connectivity index (χ4n) is 10.1. The van der Waals surface area contributed by atoms with E-state index in [1.165, 1.54) is 39.8 Å². The van der Waals surface area contributed by atoms with Crippen LogP contribution in [0.5, 0.6) is 0 Å². The fraction of sp³-hybridized carbons (Fsp3) is 0.553. The molecule has 18 heteroatoms. The predicted molar refractivity (Wildman–Crippen MR) is 224 cm³/mol. The Morgan fingerprint density at radius 1 is 0.923 bits per heavy atom. The van der Waals surface area contributed by atoms with Crippen LogP contribution in [0.2, 0.25) is 0 Å². The molecule has 1 amide bonds. The third-order valence-electron chi connectivity index (χ3n) is 13.4. The molecule has 5 N–H and O–H groups in total. The molecule has 18 nitrogen and oxygen atoms in total. The maximum Gasteiger partial charge on any atom is 0.408 e. The summed E-state index contributed by atoms with van der Waals surface area (Å²) in [6, 6.07) is 14.3. The highest BCUT2D eigenvalue weighted by atomic mass is 16.6. The molecule has 2 saturated carbocycles. The van der Waals surface area contributed by atoms with Crippen molar-refractivity contribution in [3.8, 4) is 0 Å². The Bertz CT molecular complexity index is 2240. The molecule has 11 atom stereocenters. The summed E-state index contributed by atoms with van der Waals surface area (Å²) in [6.45, 7) is 11.4. The van der Waals surface area contributed by atoms with Gasteiger partial charge in [-0.2, -0.15) is 0 Å². The van der Waals surface area contributed by atoms with E-state index in [1.54, 1.807) is 69.3 Å². The van der Waals surface area contributed by atoms with Crippen LogP contribution < -0.4 is 5.32 Å². The molecule has 2 aromatic rings. The first-order chi connectivity index (χ1) is 30.3. The Morgan fingerprint density at radius 3 is 2.09 bits per heavy atom. The average molecular weight is 908 g/mol. The van der Waals surface area contributed by atoms with Gasteiger partial charge in [0.15, 0.2) is 17.5 Å². The third-order valence-corrected chi connectivity index (χ3v) is 13.4. The molecule has 2 bridgehead atoms. The normalized spacial score (nSPS) is 31.2. The number of ketones is 1. The number of aliphatic hydroxyl groups is 3. The van der Waals surface area contributed by atoms with E-state index in [2.05, 4.69) is 5.32 Å². The monoisotopic (exact) mass is 907 g/mol. The summed E-state index contributed by atoms with van der Waals surface area (Å²) < 4.78 is 35.7. The van der Waals surface area contributed by atoms with Gasteiger partial charge in [-0.25, -0.2) is 14.4 Å². The number of aliphatic hydroxyl groups excluding tert-OH is 2. The first-order valence-electron chi connectivity index (χ1n) is 21.4. The molecule has 1 aliphatic heterocycles. The second kappa shape index (κ2) is 17.9. The number of hydrogen-bond donors (Lipinski definition) is 5. The number of benzene rings is 2. The van der Waals surface area contributed by atoms with Gasteiger partial charge in [-0.1, -0.05) is 62.4 Å². The Balaban J connectivity index is 1.52. The number of alkyl carbamates (subject to hydrolysis) is 1. The topological polar surface area (TPSA) is 268 Å². The first kappa shape index (κ1) is 48.8. The van der Waals surface area contributed by atoms with Crippen molar-refractivity contribution in [3.63, 3.8) is 0 Å². The molecular formula is C47H57NO17. The van der Waals surface area contributed by atoms with E-state index in [4.69, 9.17) is 28.4 Å². The lowest BCUT2D eigenvalue weighted by Gasteiger charge is -2.67. The molecule has 4 aliphatic rings. The summed E-state index contributed by atoms with van der Waals surface area (Å²) in [5, 5.41) is 49.7. The minimum Gasteiger partial charge on any atom is -0.481 e. The number of carboxylic acid groups (broad SMARTS) is 1. The number of carboxylic acids is 1. The zero-order chi connectivity index (χ0) is 48.0. The highest BCUT2D eigenvalue weighted by Gasteiger charge is 2.78. The molecule has 2 aromatic carbocycles. The molecule has 0 spiro atoms. The Kier molecular flexibility index (Phi) is 13.5. The van der Waals surface area contributed by atoms with Gasteiger partial charge in [0.2, 0.25) is 0 Å². The minimum absolute atomic E-state index is 0.0118. The van der Waals surface area contributed by atoms with Crippen LogP contribution in [0.15, 0.2) is 71.8 Å². The van der Waals surface area contributed by atoms with Gasteiger partial charge in [-0.3, -0.25) is 19.2 Å². The van der Waals surface area contributed by atoms with E-state index in [9.17, 15) is 49.2 Å². The number of esters is 4. The van der Waals surface area contributed by atoms with Gasteiger partial charge in [-0.05, 0) is 63.5 Å². The van der Waals surface area contributed by atoms with Crippen molar-refractivity contribution >= 4 is 41.7 Å². The number of rotatable bonds is 12. The third kappa shape index (κ3) is 9.00. The van der Waals surface area contributed by atoms with Crippen molar-refractivity contribution in [2.75, 3.05) is 6.61 Å². The number of amides is 1. The molecular weight excluding hydrogens is 851 g/mol. The number of aliphatic carboxylic acids is 1. The zero-order valence-electron chi connectivity index (χ0n) is 37.5. The summed E-state index contributed by atoms with van der Waals surface area (Å²) in [7, 11) is 0. The molecule has 65 heavy (non-hydrogen) atoms. The molecule has 0 unspecified atom stereocenters. The van der Waals surface area contributed by atoms with E-state index in [1.807, 2.05) is 0 Å². The van der Waals surface area contributed by atoms with Gasteiger partial charge in [0, 0.05) is 25.2 Å². The molecule has 1 heterocycles. The number of carbonyl (C=O) groups is 7. The first-order valence-corrected chi connectivity index (χ1v) is 21.4. The smallest absolute Gasteiger partial charge is 0.408 e. The number of nitrogens with one attached hydrogen (secondary N) is 1. The summed E-state index contributed by atoms with van der Waals surface area (Å²) >= 11 is 0. The van der Waals surface area contributed by atoms with Crippen molar-refractivity contribution in [1.82, 2.24) is 5.32 Å². The number of hydrogen-bond acceptors (Lipinski definition) is 16. The van der Waals surface area contributed by atoms with Crippen LogP contribution in [-0.4, -0.2) is 122 Å². The summed E-state index contributed by atoms with van der Waals surface area (Å²) in [5.74, 6) is -8.15. The summed E-state index contributed by atoms with van der Waals surface area (Å²) in [4.78, 5) is 94.9. The molecule has 3 fully saturated rings. The van der Waals surface area contributed by atoms with Gasteiger partial charge in [0.1, 0.15) is 41.7 Å². The van der Waals surface area contributed by atoms with Crippen LogP contribution >= 0.6 is 0 Å². The second-order valence-electron chi connectivity index (χ2n) is 18.9. The van der Waals surface area contributed by atoms with Crippen molar-refractivity contribution < 1.29 is 82.4 Å². The van der Waals surface area contributed by atoms with Crippen LogP contribution in [0.1, 0.15) is 103 Å². The Labute approximate surface area is 375 Å². The van der Waals surface area contributed by atoms with Gasteiger partial charge >= 0.3 is 35.9 Å². The molecule has 6 rings (SSSR count). The number of Topliss-reactive ketones (excluding diaryl/α,β-unsaturated/α-hetero) is 1. The lowest BCUT2D eigenvalue weighted by molar-refractivity contribution is -0.346. The Morgan fingerprint density at radius 2 is 1.54 bits per heavy atom. The van der Waals surface area contributed by atoms with Crippen LogP contribution in [0, 0.1) is 16.7 Å². The quantitative estimate of drug-likeness (QED) is 0.116. The molecule has 0 aromatic heterocycles. The lowest BCUT2D eigenvalue weighted by Crippen LogP contribution is -2.82. The van der Waals surface area contributed by atoms with Crippen LogP contribution in [0.3, 0.4) is 0 Å². The summed E-state index contributed by atoms with van der Waals surface area (Å²) in [5.41, 5.74) is -9.00. The second-order valence-corrected chi connectivity index (χ2v) is 18.9. The summed E-state index contributed by atoms with van der Waals surface area (Å²) in [6.07, 6.45) is -13.5. The van der Waals surface area contributed by atoms with Crippen LogP contribution in [0.4, 0.5) is 4.79 Å². The SMILES string of the molecule is CC(=O)O[C@@]12CO[C@@H]1C[C@H](OC(=O)CCC(=O)O)[C@@]1(C)C(=O)[C@H](O)C3=C(C)[C@@H](OC(=O)[C@H](O)[C@@H](NC(=O)OC(C)(C)C)c4ccccc4)C[C@@](O)([C@@H](OC(=O)c4ccccc4)[C@H]21)C3(C)C. The van der Waals surface area contributed by atoms with Gasteiger partial charge in [-0.15, -0.1) is 0 Å². The maximum absolute atomic E-state index is 15.5. The molecule has 352 valence electrons. The van der Waals surface area contributed by atoms with Crippen LogP contribution in [0.25, 0.3) is 0 Å². The number of carbonyl (C=O) groups excluding carboxylic acids is 6. The van der Waals surface area contributed by atoms with Crippen molar-refractivity contribution in [2.24, 2.45) is 16.7 Å². The van der Waals surface area contributed by atoms with Gasteiger partial charge < -0.3 is 54.2 Å². The lowest BCUT2D eigenvalue weighted by atomic mass is 9.44. The predicted octanol–water partition coefficient (Wildman–Crippen LogP) is 3.68. The Hall–Kier alpha value is -5.69.